The Morgan fingerprint density at radius 1 is 0.943 bits per heavy atom. The van der Waals surface area contributed by atoms with Crippen molar-refractivity contribution in [3.63, 3.8) is 0 Å². The van der Waals surface area contributed by atoms with Crippen molar-refractivity contribution in [1.29, 1.82) is 0 Å². The first-order valence-corrected chi connectivity index (χ1v) is 12.7. The van der Waals surface area contributed by atoms with Gasteiger partial charge in [-0.2, -0.15) is 5.10 Å². The topological polar surface area (TPSA) is 108 Å². The molecule has 4 rings (SSSR count). The Kier molecular flexibility index (Phi) is 7.31. The van der Waals surface area contributed by atoms with E-state index in [1.807, 2.05) is 19.9 Å². The summed E-state index contributed by atoms with van der Waals surface area (Å²) in [4.78, 5) is 8.56. The van der Waals surface area contributed by atoms with Gasteiger partial charge in [0.2, 0.25) is 5.88 Å². The van der Waals surface area contributed by atoms with Gasteiger partial charge < -0.3 is 9.47 Å². The van der Waals surface area contributed by atoms with Gasteiger partial charge in [-0.15, -0.1) is 0 Å². The van der Waals surface area contributed by atoms with E-state index in [2.05, 4.69) is 26.7 Å². The first-order valence-electron chi connectivity index (χ1n) is 11.2. The summed E-state index contributed by atoms with van der Waals surface area (Å²) in [5.74, 6) is 2.08. The fourth-order valence-electron chi connectivity index (χ4n) is 3.34. The molecule has 0 bridgehead atoms. The van der Waals surface area contributed by atoms with Gasteiger partial charge in [0.25, 0.3) is 10.0 Å². The molecule has 1 N–H and O–H groups in total. The third-order valence-corrected chi connectivity index (χ3v) is 6.48. The number of benzene rings is 2. The standard InChI is InChI=1S/C25H27N5O4S/c1-4-5-14-33-21-10-12-23(13-11-21)35(31,32)29-20-6-8-22(9-7-20)34-25-16-24(26-17-27-25)30-19(3)15-18(2)28-30/h6-13,15-17,29H,4-5,14H2,1-3H3. The molecule has 2 heterocycles. The average Bonchev–Trinajstić information content (AvgIpc) is 3.19. The van der Waals surface area contributed by atoms with Crippen LogP contribution < -0.4 is 14.2 Å². The second-order valence-electron chi connectivity index (χ2n) is 7.96. The summed E-state index contributed by atoms with van der Waals surface area (Å²) in [5, 5.41) is 4.42. The predicted molar refractivity (Wildman–Crippen MR) is 133 cm³/mol. The van der Waals surface area contributed by atoms with Crippen LogP contribution in [0.5, 0.6) is 17.4 Å². The highest BCUT2D eigenvalue weighted by atomic mass is 32.2. The summed E-state index contributed by atoms with van der Waals surface area (Å²) < 4.78 is 41.2. The van der Waals surface area contributed by atoms with Gasteiger partial charge in [-0.05, 0) is 74.9 Å². The molecular weight excluding hydrogens is 466 g/mol. The minimum Gasteiger partial charge on any atom is -0.494 e. The minimum absolute atomic E-state index is 0.151. The number of sulfonamides is 1. The first kappa shape index (κ1) is 24.2. The smallest absolute Gasteiger partial charge is 0.261 e. The third-order valence-electron chi connectivity index (χ3n) is 5.08. The van der Waals surface area contributed by atoms with E-state index in [1.165, 1.54) is 18.5 Å². The van der Waals surface area contributed by atoms with E-state index in [-0.39, 0.29) is 4.90 Å². The van der Waals surface area contributed by atoms with E-state index in [9.17, 15) is 8.42 Å². The molecule has 0 amide bonds. The van der Waals surface area contributed by atoms with Crippen LogP contribution >= 0.6 is 0 Å². The molecule has 0 radical (unpaired) electrons. The number of rotatable bonds is 10. The number of nitrogens with zero attached hydrogens (tertiary/aromatic N) is 4. The maximum absolute atomic E-state index is 12.7. The van der Waals surface area contributed by atoms with Crippen LogP contribution in [0.3, 0.4) is 0 Å². The molecule has 4 aromatic rings. The van der Waals surface area contributed by atoms with Gasteiger partial charge in [0.05, 0.1) is 17.2 Å². The van der Waals surface area contributed by atoms with Gasteiger partial charge in [0.15, 0.2) is 5.82 Å². The molecule has 35 heavy (non-hydrogen) atoms. The Hall–Kier alpha value is -3.92. The van der Waals surface area contributed by atoms with E-state index < -0.39 is 10.0 Å². The van der Waals surface area contributed by atoms with Crippen LogP contribution in [0.2, 0.25) is 0 Å². The molecule has 0 atom stereocenters. The molecule has 9 nitrogen and oxygen atoms in total. The lowest BCUT2D eigenvalue weighted by molar-refractivity contribution is 0.309. The van der Waals surface area contributed by atoms with Crippen LogP contribution in [-0.4, -0.2) is 34.8 Å². The van der Waals surface area contributed by atoms with Crippen LogP contribution in [0.1, 0.15) is 31.2 Å². The third kappa shape index (κ3) is 6.15. The molecule has 0 spiro atoms. The van der Waals surface area contributed by atoms with Gasteiger partial charge in [-0.1, -0.05) is 13.3 Å². The number of hydrogen-bond acceptors (Lipinski definition) is 7. The maximum Gasteiger partial charge on any atom is 0.261 e. The molecule has 10 heteroatoms. The lowest BCUT2D eigenvalue weighted by Gasteiger charge is -2.11. The zero-order valence-electron chi connectivity index (χ0n) is 19.8. The number of nitrogens with one attached hydrogen (secondary N) is 1. The number of anilines is 1. The molecule has 0 aliphatic carbocycles. The van der Waals surface area contributed by atoms with Crippen LogP contribution in [0.15, 0.2) is 71.9 Å². The van der Waals surface area contributed by atoms with Crippen LogP contribution in [0, 0.1) is 13.8 Å². The van der Waals surface area contributed by atoms with Crippen molar-refractivity contribution in [2.24, 2.45) is 0 Å². The fourth-order valence-corrected chi connectivity index (χ4v) is 4.40. The first-order chi connectivity index (χ1) is 16.8. The summed E-state index contributed by atoms with van der Waals surface area (Å²) >= 11 is 0. The van der Waals surface area contributed by atoms with Crippen molar-refractivity contribution in [3.8, 4) is 23.2 Å². The second-order valence-corrected chi connectivity index (χ2v) is 9.64. The SMILES string of the molecule is CCCCOc1ccc(S(=O)(=O)Nc2ccc(Oc3cc(-n4nc(C)cc4C)ncn3)cc2)cc1. The van der Waals surface area contributed by atoms with Crippen molar-refractivity contribution >= 4 is 15.7 Å². The summed E-state index contributed by atoms with van der Waals surface area (Å²) in [6.45, 7) is 6.54. The molecule has 182 valence electrons. The fraction of sp³-hybridized carbons (Fsp3) is 0.240. The number of unbranched alkanes of at least 4 members (excludes halogenated alkanes) is 1. The van der Waals surface area contributed by atoms with Crippen LogP contribution in [-0.2, 0) is 10.0 Å². The van der Waals surface area contributed by atoms with Gasteiger partial charge in [-0.3, -0.25) is 4.72 Å². The van der Waals surface area contributed by atoms with E-state index in [4.69, 9.17) is 9.47 Å². The summed E-state index contributed by atoms with van der Waals surface area (Å²) in [6.07, 6.45) is 3.39. The number of ether oxygens (including phenoxy) is 2. The lowest BCUT2D eigenvalue weighted by Crippen LogP contribution is -2.12. The molecule has 0 aliphatic rings. The van der Waals surface area contributed by atoms with Crippen molar-refractivity contribution in [3.05, 3.63) is 78.4 Å². The van der Waals surface area contributed by atoms with Gasteiger partial charge in [0, 0.05) is 17.4 Å². The number of hydrogen-bond donors (Lipinski definition) is 1. The zero-order valence-corrected chi connectivity index (χ0v) is 20.6. The molecule has 0 aliphatic heterocycles. The molecular formula is C25H27N5O4S. The largest absolute Gasteiger partial charge is 0.494 e. The maximum atomic E-state index is 12.7. The zero-order chi connectivity index (χ0) is 24.8. The highest BCUT2D eigenvalue weighted by Gasteiger charge is 2.15. The summed E-state index contributed by atoms with van der Waals surface area (Å²) in [7, 11) is -3.74. The highest BCUT2D eigenvalue weighted by Crippen LogP contribution is 2.25. The van der Waals surface area contributed by atoms with Crippen molar-refractivity contribution in [2.75, 3.05) is 11.3 Å². The molecule has 2 aromatic carbocycles. The molecule has 0 saturated carbocycles. The minimum atomic E-state index is -3.74. The normalized spacial score (nSPS) is 11.3. The van der Waals surface area contributed by atoms with Crippen LogP contribution in [0.4, 0.5) is 5.69 Å². The molecule has 0 fully saturated rings. The highest BCUT2D eigenvalue weighted by molar-refractivity contribution is 7.92. The Morgan fingerprint density at radius 3 is 2.31 bits per heavy atom. The summed E-state index contributed by atoms with van der Waals surface area (Å²) in [5.41, 5.74) is 2.24. The van der Waals surface area contributed by atoms with Crippen molar-refractivity contribution < 1.29 is 17.9 Å². The molecule has 2 aromatic heterocycles. The molecule has 0 unspecified atom stereocenters. The van der Waals surface area contributed by atoms with E-state index in [0.717, 1.165) is 24.2 Å². The number of aryl methyl sites for hydroxylation is 2. The second kappa shape index (κ2) is 10.6. The van der Waals surface area contributed by atoms with E-state index in [0.29, 0.717) is 35.5 Å². The molecule has 0 saturated heterocycles. The average molecular weight is 494 g/mol. The Morgan fingerprint density at radius 2 is 1.66 bits per heavy atom. The quantitative estimate of drug-likeness (QED) is 0.308. The number of aromatic nitrogens is 4. The van der Waals surface area contributed by atoms with Crippen molar-refractivity contribution in [1.82, 2.24) is 19.7 Å². The Bertz CT molecular complexity index is 1380. The monoisotopic (exact) mass is 493 g/mol. The van der Waals surface area contributed by atoms with Gasteiger partial charge in [0.1, 0.15) is 17.8 Å². The van der Waals surface area contributed by atoms with Gasteiger partial charge in [-0.25, -0.2) is 23.1 Å². The van der Waals surface area contributed by atoms with Gasteiger partial charge >= 0.3 is 0 Å². The summed E-state index contributed by atoms with van der Waals surface area (Å²) in [6, 6.07) is 16.6. The lowest BCUT2D eigenvalue weighted by atomic mass is 10.3. The van der Waals surface area contributed by atoms with E-state index in [1.54, 1.807) is 47.1 Å². The van der Waals surface area contributed by atoms with Crippen LogP contribution in [0.25, 0.3) is 5.82 Å². The van der Waals surface area contributed by atoms with Crippen molar-refractivity contribution in [2.45, 2.75) is 38.5 Å². The van der Waals surface area contributed by atoms with E-state index >= 15 is 0 Å². The Balaban J connectivity index is 1.41. The Labute approximate surface area is 204 Å². The predicted octanol–water partition coefficient (Wildman–Crippen LogP) is 5.05.